The summed E-state index contributed by atoms with van der Waals surface area (Å²) in [6.45, 7) is 9.29. The number of carbonyl (C=O) groups excluding carboxylic acids is 1. The number of allylic oxidation sites excluding steroid dienone is 1. The van der Waals surface area contributed by atoms with Crippen LogP contribution in [0.5, 0.6) is 0 Å². The van der Waals surface area contributed by atoms with Gasteiger partial charge in [-0.2, -0.15) is 0 Å². The number of ether oxygens (including phenoxy) is 1. The lowest BCUT2D eigenvalue weighted by Crippen LogP contribution is -2.45. The van der Waals surface area contributed by atoms with Gasteiger partial charge in [0.1, 0.15) is 5.60 Å². The highest BCUT2D eigenvalue weighted by molar-refractivity contribution is 5.68. The van der Waals surface area contributed by atoms with Crippen LogP contribution in [0, 0.1) is 5.92 Å². The van der Waals surface area contributed by atoms with Crippen LogP contribution in [0.3, 0.4) is 0 Å². The minimum atomic E-state index is -0.411. The summed E-state index contributed by atoms with van der Waals surface area (Å²) in [6, 6.07) is 0.271. The fraction of sp³-hybridized carbons (Fsp3) is 0.727. The van der Waals surface area contributed by atoms with E-state index in [1.807, 2.05) is 26.8 Å². The Balaban J connectivity index is 2.20. The van der Waals surface area contributed by atoms with Crippen molar-refractivity contribution in [3.05, 3.63) is 12.7 Å². The normalized spacial score (nSPS) is 26.2. The summed E-state index contributed by atoms with van der Waals surface area (Å²) in [5, 5.41) is 2.83. The highest BCUT2D eigenvalue weighted by Crippen LogP contribution is 2.28. The SMILES string of the molecule is C=C[C@H]1C[C@H](NC(=O)OC(C)(C)C)C1. The highest BCUT2D eigenvalue weighted by atomic mass is 16.6. The van der Waals surface area contributed by atoms with E-state index < -0.39 is 5.60 Å². The van der Waals surface area contributed by atoms with E-state index in [2.05, 4.69) is 11.9 Å². The summed E-state index contributed by atoms with van der Waals surface area (Å²) in [5.74, 6) is 0.565. The lowest BCUT2D eigenvalue weighted by molar-refractivity contribution is 0.0465. The lowest BCUT2D eigenvalue weighted by Gasteiger charge is -2.34. The van der Waals surface area contributed by atoms with Crippen LogP contribution in [0.4, 0.5) is 4.79 Å². The highest BCUT2D eigenvalue weighted by Gasteiger charge is 2.29. The molecule has 3 nitrogen and oxygen atoms in total. The van der Waals surface area contributed by atoms with Gasteiger partial charge >= 0.3 is 6.09 Å². The molecule has 0 spiro atoms. The van der Waals surface area contributed by atoms with Gasteiger partial charge in [-0.15, -0.1) is 6.58 Å². The standard InChI is InChI=1S/C11H19NO2/c1-5-8-6-9(7-8)12-10(13)14-11(2,3)4/h5,8-9H,1,6-7H2,2-4H3,(H,12,13)/t8-,9-. The summed E-state index contributed by atoms with van der Waals surface area (Å²) < 4.78 is 5.14. The maximum atomic E-state index is 11.3. The average Bonchev–Trinajstić information content (AvgIpc) is 1.91. The van der Waals surface area contributed by atoms with Crippen molar-refractivity contribution in [1.82, 2.24) is 5.32 Å². The topological polar surface area (TPSA) is 38.3 Å². The molecule has 1 amide bonds. The fourth-order valence-corrected chi connectivity index (χ4v) is 1.45. The molecule has 3 heteroatoms. The lowest BCUT2D eigenvalue weighted by atomic mass is 9.80. The molecule has 0 aromatic rings. The van der Waals surface area contributed by atoms with Crippen LogP contribution in [-0.4, -0.2) is 17.7 Å². The molecular formula is C11H19NO2. The molecule has 0 unspecified atom stereocenters. The molecule has 1 aliphatic rings. The number of nitrogens with one attached hydrogen (secondary N) is 1. The predicted octanol–water partition coefficient (Wildman–Crippen LogP) is 2.48. The first-order chi connectivity index (χ1) is 6.40. The van der Waals surface area contributed by atoms with Gasteiger partial charge in [-0.1, -0.05) is 6.08 Å². The van der Waals surface area contributed by atoms with Crippen molar-refractivity contribution in [3.63, 3.8) is 0 Å². The Morgan fingerprint density at radius 3 is 2.50 bits per heavy atom. The van der Waals surface area contributed by atoms with Gasteiger partial charge in [0.2, 0.25) is 0 Å². The first-order valence-electron chi connectivity index (χ1n) is 5.03. The molecule has 80 valence electrons. The first-order valence-corrected chi connectivity index (χ1v) is 5.03. The van der Waals surface area contributed by atoms with E-state index in [0.29, 0.717) is 5.92 Å². The molecule has 0 saturated heterocycles. The van der Waals surface area contributed by atoms with Crippen LogP contribution < -0.4 is 5.32 Å². The van der Waals surface area contributed by atoms with Gasteiger partial charge in [0.15, 0.2) is 0 Å². The van der Waals surface area contributed by atoms with Crippen LogP contribution in [0.25, 0.3) is 0 Å². The summed E-state index contributed by atoms with van der Waals surface area (Å²) in [6.07, 6.45) is 3.60. The molecule has 0 aromatic carbocycles. The zero-order valence-electron chi connectivity index (χ0n) is 9.17. The van der Waals surface area contributed by atoms with Crippen LogP contribution in [0.2, 0.25) is 0 Å². The first kappa shape index (κ1) is 11.1. The van der Waals surface area contributed by atoms with Gasteiger partial charge in [0, 0.05) is 6.04 Å². The van der Waals surface area contributed by atoms with Crippen molar-refractivity contribution >= 4 is 6.09 Å². The van der Waals surface area contributed by atoms with Crippen LogP contribution in [0.1, 0.15) is 33.6 Å². The van der Waals surface area contributed by atoms with Crippen LogP contribution in [0.15, 0.2) is 12.7 Å². The Bertz CT molecular complexity index is 224. The third-order valence-corrected chi connectivity index (χ3v) is 2.23. The number of hydrogen-bond acceptors (Lipinski definition) is 2. The quantitative estimate of drug-likeness (QED) is 0.691. The molecule has 1 aliphatic carbocycles. The summed E-state index contributed by atoms with van der Waals surface area (Å²) in [5.41, 5.74) is -0.411. The third-order valence-electron chi connectivity index (χ3n) is 2.23. The molecule has 0 bridgehead atoms. The van der Waals surface area contributed by atoms with E-state index in [4.69, 9.17) is 4.74 Å². The van der Waals surface area contributed by atoms with E-state index in [1.165, 1.54) is 0 Å². The zero-order chi connectivity index (χ0) is 10.8. The van der Waals surface area contributed by atoms with Crippen molar-refractivity contribution in [2.45, 2.75) is 45.3 Å². The van der Waals surface area contributed by atoms with Crippen molar-refractivity contribution in [3.8, 4) is 0 Å². The molecule has 0 aromatic heterocycles. The number of hydrogen-bond donors (Lipinski definition) is 1. The molecule has 14 heavy (non-hydrogen) atoms. The zero-order valence-corrected chi connectivity index (χ0v) is 9.17. The van der Waals surface area contributed by atoms with Gasteiger partial charge in [-0.3, -0.25) is 0 Å². The van der Waals surface area contributed by atoms with Crippen molar-refractivity contribution in [1.29, 1.82) is 0 Å². The Kier molecular flexibility index (Phi) is 3.19. The molecule has 0 aliphatic heterocycles. The summed E-state index contributed by atoms with van der Waals surface area (Å²) in [7, 11) is 0. The monoisotopic (exact) mass is 197 g/mol. The predicted molar refractivity (Wildman–Crippen MR) is 56.1 cm³/mol. The molecule has 0 radical (unpaired) electrons. The van der Waals surface area contributed by atoms with Gasteiger partial charge in [-0.25, -0.2) is 4.79 Å². The van der Waals surface area contributed by atoms with Gasteiger partial charge in [-0.05, 0) is 39.5 Å². The number of rotatable bonds is 2. The van der Waals surface area contributed by atoms with Crippen molar-refractivity contribution < 1.29 is 9.53 Å². The van der Waals surface area contributed by atoms with E-state index in [-0.39, 0.29) is 12.1 Å². The minimum absolute atomic E-state index is 0.271. The molecule has 1 saturated carbocycles. The van der Waals surface area contributed by atoms with E-state index >= 15 is 0 Å². The maximum Gasteiger partial charge on any atom is 0.407 e. The number of alkyl carbamates (subject to hydrolysis) is 1. The second-order valence-electron chi connectivity index (χ2n) is 4.81. The Hall–Kier alpha value is -0.990. The Labute approximate surface area is 85.5 Å². The smallest absolute Gasteiger partial charge is 0.407 e. The van der Waals surface area contributed by atoms with Gasteiger partial charge < -0.3 is 10.1 Å². The molecule has 0 heterocycles. The fourth-order valence-electron chi connectivity index (χ4n) is 1.45. The van der Waals surface area contributed by atoms with Crippen molar-refractivity contribution in [2.75, 3.05) is 0 Å². The second kappa shape index (κ2) is 4.03. The second-order valence-corrected chi connectivity index (χ2v) is 4.81. The van der Waals surface area contributed by atoms with Gasteiger partial charge in [0.05, 0.1) is 0 Å². The van der Waals surface area contributed by atoms with E-state index in [0.717, 1.165) is 12.8 Å². The summed E-state index contributed by atoms with van der Waals surface area (Å²) in [4.78, 5) is 11.3. The van der Waals surface area contributed by atoms with Crippen LogP contribution in [-0.2, 0) is 4.74 Å². The minimum Gasteiger partial charge on any atom is -0.444 e. The van der Waals surface area contributed by atoms with Crippen molar-refractivity contribution in [2.24, 2.45) is 5.92 Å². The Morgan fingerprint density at radius 2 is 2.07 bits per heavy atom. The van der Waals surface area contributed by atoms with E-state index in [1.54, 1.807) is 0 Å². The molecule has 1 N–H and O–H groups in total. The van der Waals surface area contributed by atoms with Crippen LogP contribution >= 0.6 is 0 Å². The molecule has 0 atom stereocenters. The Morgan fingerprint density at radius 1 is 1.50 bits per heavy atom. The third kappa shape index (κ3) is 3.40. The molecular weight excluding hydrogens is 178 g/mol. The largest absolute Gasteiger partial charge is 0.444 e. The molecule has 1 rings (SSSR count). The number of amides is 1. The maximum absolute atomic E-state index is 11.3. The van der Waals surface area contributed by atoms with E-state index in [9.17, 15) is 4.79 Å². The van der Waals surface area contributed by atoms with Gasteiger partial charge in [0.25, 0.3) is 0 Å². The average molecular weight is 197 g/mol. The number of carbonyl (C=O) groups is 1. The molecule has 1 fully saturated rings. The summed E-state index contributed by atoms with van der Waals surface area (Å²) >= 11 is 0.